The molecule has 0 bridgehead atoms. The van der Waals surface area contributed by atoms with E-state index in [0.717, 1.165) is 9.13 Å². The second kappa shape index (κ2) is 6.55. The summed E-state index contributed by atoms with van der Waals surface area (Å²) in [5.41, 5.74) is 3.47. The number of hydrogen-bond acceptors (Lipinski definition) is 2. The minimum absolute atomic E-state index is 0.0738. The van der Waals surface area contributed by atoms with Gasteiger partial charge in [0.25, 0.3) is 0 Å². The number of nitrogens with one attached hydrogen (secondary N) is 1. The van der Waals surface area contributed by atoms with Crippen molar-refractivity contribution in [2.45, 2.75) is 31.5 Å². The Morgan fingerprint density at radius 3 is 2.29 bits per heavy atom. The van der Waals surface area contributed by atoms with Crippen LogP contribution in [0.25, 0.3) is 0 Å². The van der Waals surface area contributed by atoms with Gasteiger partial charge in [0.1, 0.15) is 0 Å². The van der Waals surface area contributed by atoms with Crippen molar-refractivity contribution < 1.29 is 13.2 Å². The molecular formula is C11H14F3IN2. The zero-order valence-corrected chi connectivity index (χ0v) is 11.3. The van der Waals surface area contributed by atoms with E-state index in [9.17, 15) is 13.2 Å². The Morgan fingerprint density at radius 2 is 1.82 bits per heavy atom. The first-order valence-electron chi connectivity index (χ1n) is 5.21. The summed E-state index contributed by atoms with van der Waals surface area (Å²) in [6.45, 7) is 0. The van der Waals surface area contributed by atoms with E-state index in [0.29, 0.717) is 6.42 Å². The first kappa shape index (κ1) is 14.7. The molecule has 6 heteroatoms. The van der Waals surface area contributed by atoms with Crippen molar-refractivity contribution in [2.75, 3.05) is 0 Å². The Kier molecular flexibility index (Phi) is 5.68. The van der Waals surface area contributed by atoms with Crippen LogP contribution in [0, 0.1) is 3.57 Å². The minimum Gasteiger partial charge on any atom is -0.271 e. The molecule has 1 rings (SSSR count). The van der Waals surface area contributed by atoms with Gasteiger partial charge in [-0.25, -0.2) is 0 Å². The lowest BCUT2D eigenvalue weighted by Crippen LogP contribution is -2.28. The molecule has 1 atom stereocenters. The van der Waals surface area contributed by atoms with E-state index in [-0.39, 0.29) is 12.5 Å². The minimum atomic E-state index is -4.09. The predicted octanol–water partition coefficient (Wildman–Crippen LogP) is 3.53. The van der Waals surface area contributed by atoms with Crippen LogP contribution in [-0.4, -0.2) is 6.18 Å². The molecule has 1 unspecified atom stereocenters. The molecule has 0 amide bonds. The predicted molar refractivity (Wildman–Crippen MR) is 69.1 cm³/mol. The van der Waals surface area contributed by atoms with Gasteiger partial charge in [-0.3, -0.25) is 11.3 Å². The summed E-state index contributed by atoms with van der Waals surface area (Å²) < 4.78 is 37.1. The SMILES string of the molecule is NNC(CCCC(F)(F)F)c1ccc(I)cc1. The van der Waals surface area contributed by atoms with Gasteiger partial charge in [0.15, 0.2) is 0 Å². The van der Waals surface area contributed by atoms with Crippen LogP contribution in [0.1, 0.15) is 30.9 Å². The molecular weight excluding hydrogens is 344 g/mol. The molecule has 0 fully saturated rings. The summed E-state index contributed by atoms with van der Waals surface area (Å²) in [6, 6.07) is 7.34. The van der Waals surface area contributed by atoms with Crippen molar-refractivity contribution in [1.82, 2.24) is 5.43 Å². The van der Waals surface area contributed by atoms with Gasteiger partial charge in [0.2, 0.25) is 0 Å². The maximum atomic E-state index is 12.0. The monoisotopic (exact) mass is 358 g/mol. The van der Waals surface area contributed by atoms with Gasteiger partial charge in [-0.1, -0.05) is 12.1 Å². The first-order chi connectivity index (χ1) is 7.92. The fraction of sp³-hybridized carbons (Fsp3) is 0.455. The maximum Gasteiger partial charge on any atom is 0.389 e. The lowest BCUT2D eigenvalue weighted by Gasteiger charge is -2.16. The van der Waals surface area contributed by atoms with E-state index in [1.165, 1.54) is 0 Å². The first-order valence-corrected chi connectivity index (χ1v) is 6.28. The molecule has 2 nitrogen and oxygen atoms in total. The van der Waals surface area contributed by atoms with Crippen molar-refractivity contribution in [2.24, 2.45) is 5.84 Å². The number of alkyl halides is 3. The highest BCUT2D eigenvalue weighted by molar-refractivity contribution is 14.1. The van der Waals surface area contributed by atoms with Crippen LogP contribution in [0.15, 0.2) is 24.3 Å². The lowest BCUT2D eigenvalue weighted by molar-refractivity contribution is -0.135. The van der Waals surface area contributed by atoms with Gasteiger partial charge in [-0.15, -0.1) is 0 Å². The lowest BCUT2D eigenvalue weighted by atomic mass is 10.0. The van der Waals surface area contributed by atoms with E-state index in [1.807, 2.05) is 24.3 Å². The van der Waals surface area contributed by atoms with Crippen LogP contribution in [0.5, 0.6) is 0 Å². The molecule has 0 saturated carbocycles. The summed E-state index contributed by atoms with van der Waals surface area (Å²) in [5.74, 6) is 5.36. The molecule has 0 radical (unpaired) electrons. The number of halogens is 4. The van der Waals surface area contributed by atoms with E-state index in [1.54, 1.807) is 0 Å². The Hall–Kier alpha value is -0.340. The molecule has 0 aromatic heterocycles. The van der Waals surface area contributed by atoms with E-state index in [4.69, 9.17) is 5.84 Å². The van der Waals surface area contributed by atoms with Gasteiger partial charge in [-0.2, -0.15) is 13.2 Å². The molecule has 0 aliphatic rings. The normalized spacial score (nSPS) is 13.7. The summed E-state index contributed by atoms with van der Waals surface area (Å²) in [5, 5.41) is 0. The van der Waals surface area contributed by atoms with Gasteiger partial charge in [0.05, 0.1) is 0 Å². The molecule has 0 aliphatic heterocycles. The molecule has 1 aromatic rings. The van der Waals surface area contributed by atoms with Crippen molar-refractivity contribution in [3.63, 3.8) is 0 Å². The topological polar surface area (TPSA) is 38.0 Å². The quantitative estimate of drug-likeness (QED) is 0.480. The van der Waals surface area contributed by atoms with Gasteiger partial charge in [-0.05, 0) is 53.1 Å². The molecule has 3 N–H and O–H groups in total. The van der Waals surface area contributed by atoms with Gasteiger partial charge >= 0.3 is 6.18 Å². The number of rotatable bonds is 5. The highest BCUT2D eigenvalue weighted by atomic mass is 127. The standard InChI is InChI=1S/C11H14F3IN2/c12-11(13,14)7-1-2-10(17-16)8-3-5-9(15)6-4-8/h3-6,10,17H,1-2,7,16H2. The largest absolute Gasteiger partial charge is 0.389 e. The molecule has 0 aliphatic carbocycles. The fourth-order valence-corrected chi connectivity index (χ4v) is 1.91. The third-order valence-corrected chi connectivity index (χ3v) is 3.15. The maximum absolute atomic E-state index is 12.0. The number of nitrogens with two attached hydrogens (primary N) is 1. The van der Waals surface area contributed by atoms with Gasteiger partial charge in [0, 0.05) is 16.0 Å². The molecule has 17 heavy (non-hydrogen) atoms. The van der Waals surface area contributed by atoms with Crippen LogP contribution < -0.4 is 11.3 Å². The molecule has 1 aromatic carbocycles. The third kappa shape index (κ3) is 5.69. The van der Waals surface area contributed by atoms with E-state index >= 15 is 0 Å². The van der Waals surface area contributed by atoms with Crippen molar-refractivity contribution in [3.8, 4) is 0 Å². The average molecular weight is 358 g/mol. The Labute approximate surface area is 112 Å². The fourth-order valence-electron chi connectivity index (χ4n) is 1.55. The van der Waals surface area contributed by atoms with Crippen LogP contribution in [0.4, 0.5) is 13.2 Å². The van der Waals surface area contributed by atoms with E-state index in [2.05, 4.69) is 28.0 Å². The molecule has 0 spiro atoms. The molecule has 0 heterocycles. The summed E-state index contributed by atoms with van der Waals surface area (Å²) in [6.07, 6.45) is -4.41. The highest BCUT2D eigenvalue weighted by Gasteiger charge is 2.26. The van der Waals surface area contributed by atoms with Crippen LogP contribution in [0.3, 0.4) is 0 Å². The Balaban J connectivity index is 2.51. The highest BCUT2D eigenvalue weighted by Crippen LogP contribution is 2.26. The van der Waals surface area contributed by atoms with Crippen molar-refractivity contribution in [3.05, 3.63) is 33.4 Å². The smallest absolute Gasteiger partial charge is 0.271 e. The van der Waals surface area contributed by atoms with Crippen LogP contribution in [-0.2, 0) is 0 Å². The zero-order chi connectivity index (χ0) is 12.9. The zero-order valence-electron chi connectivity index (χ0n) is 9.10. The average Bonchev–Trinajstić information content (AvgIpc) is 2.24. The number of benzene rings is 1. The Morgan fingerprint density at radius 1 is 1.24 bits per heavy atom. The second-order valence-corrected chi connectivity index (χ2v) is 5.02. The second-order valence-electron chi connectivity index (χ2n) is 3.78. The van der Waals surface area contributed by atoms with Crippen LogP contribution in [0.2, 0.25) is 0 Å². The molecule has 0 saturated heterocycles. The molecule has 96 valence electrons. The van der Waals surface area contributed by atoms with Crippen molar-refractivity contribution >= 4 is 22.6 Å². The van der Waals surface area contributed by atoms with Gasteiger partial charge < -0.3 is 0 Å². The number of hydrogen-bond donors (Lipinski definition) is 2. The summed E-state index contributed by atoms with van der Waals surface area (Å²) in [4.78, 5) is 0. The van der Waals surface area contributed by atoms with Crippen molar-refractivity contribution in [1.29, 1.82) is 0 Å². The van der Waals surface area contributed by atoms with Crippen LogP contribution >= 0.6 is 22.6 Å². The Bertz CT molecular complexity index is 338. The summed E-state index contributed by atoms with van der Waals surface area (Å²) in [7, 11) is 0. The number of hydrazine groups is 1. The third-order valence-electron chi connectivity index (χ3n) is 2.43. The van der Waals surface area contributed by atoms with E-state index < -0.39 is 12.6 Å². The summed E-state index contributed by atoms with van der Waals surface area (Å²) >= 11 is 2.17.